The lowest BCUT2D eigenvalue weighted by atomic mass is 9.94. The van der Waals surface area contributed by atoms with Crippen molar-refractivity contribution in [2.24, 2.45) is 5.92 Å². The van der Waals surface area contributed by atoms with Gasteiger partial charge in [0, 0.05) is 31.2 Å². The number of amides is 1. The fourth-order valence-corrected chi connectivity index (χ4v) is 3.64. The van der Waals surface area contributed by atoms with Gasteiger partial charge in [-0.1, -0.05) is 0 Å². The van der Waals surface area contributed by atoms with E-state index in [0.29, 0.717) is 29.0 Å². The minimum atomic E-state index is 0.0445. The van der Waals surface area contributed by atoms with Crippen LogP contribution in [-0.4, -0.2) is 46.4 Å². The summed E-state index contributed by atoms with van der Waals surface area (Å²) in [6.45, 7) is 2.31. The molecule has 2 atom stereocenters. The molecule has 0 saturated carbocycles. The van der Waals surface area contributed by atoms with Gasteiger partial charge in [0.05, 0.1) is 18.0 Å². The number of nitriles is 1. The van der Waals surface area contributed by atoms with Gasteiger partial charge >= 0.3 is 0 Å². The van der Waals surface area contributed by atoms with Crippen LogP contribution in [0.2, 0.25) is 0 Å². The molecule has 3 heterocycles. The van der Waals surface area contributed by atoms with E-state index >= 15 is 0 Å². The summed E-state index contributed by atoms with van der Waals surface area (Å²) in [6, 6.07) is 9.15. The molecule has 2 fully saturated rings. The molecule has 2 aromatic rings. The van der Waals surface area contributed by atoms with Crippen molar-refractivity contribution in [3.63, 3.8) is 0 Å². The third kappa shape index (κ3) is 2.75. The van der Waals surface area contributed by atoms with Gasteiger partial charge in [-0.05, 0) is 37.1 Å². The highest BCUT2D eigenvalue weighted by atomic mass is 16.5. The highest BCUT2D eigenvalue weighted by molar-refractivity contribution is 5.94. The molecule has 25 heavy (non-hydrogen) atoms. The quantitative estimate of drug-likeness (QED) is 0.897. The highest BCUT2D eigenvalue weighted by Crippen LogP contribution is 2.29. The van der Waals surface area contributed by atoms with Crippen LogP contribution in [0.3, 0.4) is 0 Å². The fraction of sp³-hybridized carbons (Fsp3) is 0.389. The van der Waals surface area contributed by atoms with Crippen molar-refractivity contribution < 1.29 is 9.53 Å². The molecule has 7 nitrogen and oxygen atoms in total. The van der Waals surface area contributed by atoms with E-state index in [1.807, 2.05) is 11.0 Å². The van der Waals surface area contributed by atoms with E-state index in [9.17, 15) is 4.79 Å². The number of hydrogen-bond donors (Lipinski definition) is 1. The van der Waals surface area contributed by atoms with E-state index < -0.39 is 0 Å². The first-order valence-electron chi connectivity index (χ1n) is 8.42. The Kier molecular flexibility index (Phi) is 3.90. The number of nitrogen functional groups attached to an aromatic ring is 1. The zero-order valence-electron chi connectivity index (χ0n) is 13.8. The number of rotatable bonds is 2. The molecule has 1 aromatic heterocycles. The van der Waals surface area contributed by atoms with Crippen LogP contribution in [0.25, 0.3) is 5.69 Å². The predicted molar refractivity (Wildman–Crippen MR) is 91.1 cm³/mol. The first-order valence-corrected chi connectivity index (χ1v) is 8.42. The Hall–Kier alpha value is -2.85. The van der Waals surface area contributed by atoms with Crippen LogP contribution >= 0.6 is 0 Å². The first kappa shape index (κ1) is 15.7. The molecule has 0 spiro atoms. The Morgan fingerprint density at radius 2 is 2.12 bits per heavy atom. The van der Waals surface area contributed by atoms with Gasteiger partial charge in [-0.15, -0.1) is 0 Å². The first-order chi connectivity index (χ1) is 12.2. The van der Waals surface area contributed by atoms with Crippen molar-refractivity contribution in [1.82, 2.24) is 14.7 Å². The normalized spacial score (nSPS) is 22.4. The molecule has 4 rings (SSSR count). The summed E-state index contributed by atoms with van der Waals surface area (Å²) in [5.74, 6) is 0.804. The van der Waals surface area contributed by atoms with E-state index in [1.165, 1.54) is 10.9 Å². The van der Waals surface area contributed by atoms with Crippen molar-refractivity contribution in [2.45, 2.75) is 18.9 Å². The molecule has 128 valence electrons. The summed E-state index contributed by atoms with van der Waals surface area (Å²) in [6.07, 6.45) is 3.70. The van der Waals surface area contributed by atoms with Gasteiger partial charge in [0.15, 0.2) is 0 Å². The number of nitrogens with zero attached hydrogens (tertiary/aromatic N) is 4. The van der Waals surface area contributed by atoms with Crippen LogP contribution in [0.1, 0.15) is 28.8 Å². The molecule has 2 saturated heterocycles. The maximum atomic E-state index is 12.7. The summed E-state index contributed by atoms with van der Waals surface area (Å²) in [5, 5.41) is 13.1. The van der Waals surface area contributed by atoms with Crippen molar-refractivity contribution in [1.29, 1.82) is 5.26 Å². The summed E-state index contributed by atoms with van der Waals surface area (Å²) in [7, 11) is 0. The Morgan fingerprint density at radius 1 is 1.32 bits per heavy atom. The van der Waals surface area contributed by atoms with Gasteiger partial charge in [-0.25, -0.2) is 4.68 Å². The van der Waals surface area contributed by atoms with Crippen molar-refractivity contribution in [2.75, 3.05) is 25.4 Å². The maximum Gasteiger partial charge on any atom is 0.253 e. The van der Waals surface area contributed by atoms with Crippen LogP contribution in [0.15, 0.2) is 30.5 Å². The van der Waals surface area contributed by atoms with Crippen molar-refractivity contribution >= 4 is 11.7 Å². The maximum absolute atomic E-state index is 12.7. The molecule has 2 aliphatic rings. The Morgan fingerprint density at radius 3 is 2.84 bits per heavy atom. The molecule has 2 N–H and O–H groups in total. The molecule has 0 unspecified atom stereocenters. The number of hydrogen-bond acceptors (Lipinski definition) is 5. The van der Waals surface area contributed by atoms with E-state index in [2.05, 4.69) is 5.10 Å². The average molecular weight is 337 g/mol. The summed E-state index contributed by atoms with van der Waals surface area (Å²) in [4.78, 5) is 14.7. The number of ether oxygens (including phenoxy) is 1. The molecule has 0 radical (unpaired) electrons. The number of carbonyl (C=O) groups is 1. The smallest absolute Gasteiger partial charge is 0.253 e. The van der Waals surface area contributed by atoms with E-state index in [1.54, 1.807) is 24.3 Å². The van der Waals surface area contributed by atoms with Gasteiger partial charge in [-0.3, -0.25) is 4.79 Å². The molecule has 0 aliphatic carbocycles. The topological polar surface area (TPSA) is 97.2 Å². The average Bonchev–Trinajstić information content (AvgIpc) is 3.26. The van der Waals surface area contributed by atoms with Gasteiger partial charge in [0.2, 0.25) is 0 Å². The summed E-state index contributed by atoms with van der Waals surface area (Å²) in [5.41, 5.74) is 7.60. The van der Waals surface area contributed by atoms with Crippen molar-refractivity contribution in [3.8, 4) is 11.8 Å². The number of carbonyl (C=O) groups excluding carboxylic acids is 1. The standard InChI is InChI=1S/C18H19N5O2/c19-9-14-10-21-23(17(14)20)15-3-1-12(2-4-15)18(24)22-7-5-16-13(11-22)6-8-25-16/h1-4,10,13,16H,5-8,11,20H2/t13-,16+/m0/s1. The molecule has 7 heteroatoms. The van der Waals surface area contributed by atoms with Crippen LogP contribution in [0.5, 0.6) is 0 Å². The summed E-state index contributed by atoms with van der Waals surface area (Å²) < 4.78 is 7.19. The summed E-state index contributed by atoms with van der Waals surface area (Å²) >= 11 is 0. The lowest BCUT2D eigenvalue weighted by Gasteiger charge is -2.34. The third-order valence-electron chi connectivity index (χ3n) is 5.06. The molecule has 1 aromatic carbocycles. The molecular formula is C18H19N5O2. The van der Waals surface area contributed by atoms with Gasteiger partial charge in [0.25, 0.3) is 5.91 Å². The number of likely N-dealkylation sites (tertiary alicyclic amines) is 1. The number of anilines is 1. The zero-order chi connectivity index (χ0) is 17.4. The van der Waals surface area contributed by atoms with Gasteiger partial charge in [0.1, 0.15) is 17.5 Å². The van der Waals surface area contributed by atoms with E-state index in [4.69, 9.17) is 15.7 Å². The molecule has 0 bridgehead atoms. The largest absolute Gasteiger partial charge is 0.382 e. The molecule has 1 amide bonds. The number of benzene rings is 1. The zero-order valence-corrected chi connectivity index (χ0v) is 13.8. The fourth-order valence-electron chi connectivity index (χ4n) is 3.64. The predicted octanol–water partition coefficient (Wildman–Crippen LogP) is 1.58. The SMILES string of the molecule is N#Cc1cnn(-c2ccc(C(=O)N3CC[C@H]4OCC[C@H]4C3)cc2)c1N. The third-order valence-corrected chi connectivity index (χ3v) is 5.06. The lowest BCUT2D eigenvalue weighted by molar-refractivity contribution is 0.0306. The minimum absolute atomic E-state index is 0.0445. The van der Waals surface area contributed by atoms with Crippen molar-refractivity contribution in [3.05, 3.63) is 41.6 Å². The second-order valence-corrected chi connectivity index (χ2v) is 6.51. The highest BCUT2D eigenvalue weighted by Gasteiger charge is 2.35. The number of piperidine rings is 1. The minimum Gasteiger partial charge on any atom is -0.382 e. The van der Waals surface area contributed by atoms with Crippen LogP contribution in [0, 0.1) is 17.2 Å². The number of nitrogens with two attached hydrogens (primary N) is 1. The second-order valence-electron chi connectivity index (χ2n) is 6.51. The van der Waals surface area contributed by atoms with Crippen LogP contribution in [0.4, 0.5) is 5.82 Å². The lowest BCUT2D eigenvalue weighted by Crippen LogP contribution is -2.44. The van der Waals surface area contributed by atoms with Crippen LogP contribution < -0.4 is 5.73 Å². The Balaban J connectivity index is 1.51. The Bertz CT molecular complexity index is 836. The van der Waals surface area contributed by atoms with Crippen LogP contribution in [-0.2, 0) is 4.74 Å². The Labute approximate surface area is 145 Å². The second kappa shape index (κ2) is 6.22. The van der Waals surface area contributed by atoms with E-state index in [0.717, 1.165) is 38.2 Å². The van der Waals surface area contributed by atoms with Gasteiger partial charge < -0.3 is 15.4 Å². The number of aromatic nitrogens is 2. The van der Waals surface area contributed by atoms with Gasteiger partial charge in [-0.2, -0.15) is 10.4 Å². The molecule has 2 aliphatic heterocycles. The number of fused-ring (bicyclic) bond motifs is 1. The molecular weight excluding hydrogens is 318 g/mol. The monoisotopic (exact) mass is 337 g/mol. The van der Waals surface area contributed by atoms with E-state index in [-0.39, 0.29) is 5.91 Å².